The summed E-state index contributed by atoms with van der Waals surface area (Å²) < 4.78 is 24.2. The van der Waals surface area contributed by atoms with E-state index in [1.54, 1.807) is 28.4 Å². The Bertz CT molecular complexity index is 558. The molecule has 0 aliphatic rings. The van der Waals surface area contributed by atoms with Gasteiger partial charge in [-0.05, 0) is 10.4 Å². The van der Waals surface area contributed by atoms with Gasteiger partial charge in [-0.25, -0.2) is 0 Å². The zero-order valence-electron chi connectivity index (χ0n) is 15.0. The summed E-state index contributed by atoms with van der Waals surface area (Å²) in [5, 5.41) is 2.12. The lowest BCUT2D eigenvalue weighted by Crippen LogP contribution is -2.68. The van der Waals surface area contributed by atoms with Gasteiger partial charge in [-0.15, -0.1) is 0 Å². The molecule has 2 aromatic carbocycles. The molecular formula is C18H26O4Si2. The normalized spacial score (nSPS) is 12.6. The van der Waals surface area contributed by atoms with Gasteiger partial charge >= 0.3 is 17.1 Å². The van der Waals surface area contributed by atoms with Crippen molar-refractivity contribution in [2.45, 2.75) is 12.1 Å². The molecule has 0 spiro atoms. The molecular weight excluding hydrogens is 336 g/mol. The second kappa shape index (κ2) is 8.20. The highest BCUT2D eigenvalue weighted by Gasteiger charge is 2.59. The van der Waals surface area contributed by atoms with Crippen LogP contribution in [0.15, 0.2) is 60.7 Å². The third-order valence-electron chi connectivity index (χ3n) is 4.71. The van der Waals surface area contributed by atoms with E-state index in [1.807, 2.05) is 36.4 Å². The van der Waals surface area contributed by atoms with Gasteiger partial charge in [-0.1, -0.05) is 67.6 Å². The Morgan fingerprint density at radius 3 is 1.12 bits per heavy atom. The summed E-state index contributed by atoms with van der Waals surface area (Å²) in [5.74, 6) is 0. The molecule has 0 atom stereocenters. The topological polar surface area (TPSA) is 36.9 Å². The van der Waals surface area contributed by atoms with Crippen LogP contribution in [-0.4, -0.2) is 45.6 Å². The Labute approximate surface area is 146 Å². The molecule has 2 aromatic rings. The fourth-order valence-electron chi connectivity index (χ4n) is 3.44. The largest absolute Gasteiger partial charge is 0.394 e. The van der Waals surface area contributed by atoms with E-state index < -0.39 is 17.1 Å². The van der Waals surface area contributed by atoms with Gasteiger partial charge in [-0.2, -0.15) is 0 Å². The molecule has 0 fully saturated rings. The van der Waals surface area contributed by atoms with Crippen LogP contribution < -0.4 is 10.4 Å². The molecule has 0 radical (unpaired) electrons. The maximum absolute atomic E-state index is 6.06. The Kier molecular flexibility index (Phi) is 6.50. The molecule has 6 heteroatoms. The van der Waals surface area contributed by atoms with E-state index in [2.05, 4.69) is 31.2 Å². The molecule has 0 amide bonds. The third-order valence-corrected chi connectivity index (χ3v) is 14.0. The van der Waals surface area contributed by atoms with Gasteiger partial charge in [-0.3, -0.25) is 0 Å². The predicted octanol–water partition coefficient (Wildman–Crippen LogP) is 2.20. The van der Waals surface area contributed by atoms with Crippen LogP contribution in [0.4, 0.5) is 0 Å². The van der Waals surface area contributed by atoms with E-state index in [0.29, 0.717) is 0 Å². The summed E-state index contributed by atoms with van der Waals surface area (Å²) in [4.78, 5) is 0. The molecule has 0 saturated carbocycles. The van der Waals surface area contributed by atoms with Crippen molar-refractivity contribution in [3.63, 3.8) is 0 Å². The first-order chi connectivity index (χ1) is 11.6. The van der Waals surface area contributed by atoms with Crippen molar-refractivity contribution in [3.05, 3.63) is 60.7 Å². The van der Waals surface area contributed by atoms with E-state index in [0.717, 1.165) is 10.4 Å². The predicted molar refractivity (Wildman–Crippen MR) is 101 cm³/mol. The molecule has 4 nitrogen and oxygen atoms in total. The average molecular weight is 363 g/mol. The van der Waals surface area contributed by atoms with Crippen LogP contribution in [-0.2, 0) is 17.7 Å². The quantitative estimate of drug-likeness (QED) is 0.675. The number of rotatable bonds is 8. The second-order valence-corrected chi connectivity index (χ2v) is 13.4. The second-order valence-electron chi connectivity index (χ2n) is 5.61. The summed E-state index contributed by atoms with van der Waals surface area (Å²) in [6.07, 6.45) is 0. The number of benzene rings is 2. The van der Waals surface area contributed by atoms with Crippen LogP contribution in [0.25, 0.3) is 0 Å². The van der Waals surface area contributed by atoms with E-state index in [4.69, 9.17) is 17.7 Å². The smallest absolute Gasteiger partial charge is 0.377 e. The highest BCUT2D eigenvalue weighted by Crippen LogP contribution is 2.33. The van der Waals surface area contributed by atoms with Crippen LogP contribution in [0.2, 0.25) is 5.16 Å². The average Bonchev–Trinajstić information content (AvgIpc) is 2.66. The minimum absolute atomic E-state index is 0.0280. The van der Waals surface area contributed by atoms with Gasteiger partial charge < -0.3 is 17.7 Å². The molecule has 0 saturated heterocycles. The highest BCUT2D eigenvalue weighted by atomic mass is 28.4. The van der Waals surface area contributed by atoms with E-state index in [-0.39, 0.29) is 5.16 Å². The van der Waals surface area contributed by atoms with Gasteiger partial charge in [0.25, 0.3) is 0 Å². The van der Waals surface area contributed by atoms with E-state index >= 15 is 0 Å². The van der Waals surface area contributed by atoms with Crippen molar-refractivity contribution < 1.29 is 17.7 Å². The van der Waals surface area contributed by atoms with E-state index in [1.165, 1.54) is 0 Å². The minimum Gasteiger partial charge on any atom is -0.394 e. The summed E-state index contributed by atoms with van der Waals surface area (Å²) >= 11 is 0. The Hall–Kier alpha value is -1.29. The van der Waals surface area contributed by atoms with Crippen LogP contribution in [0, 0.1) is 0 Å². The molecule has 0 heterocycles. The summed E-state index contributed by atoms with van der Waals surface area (Å²) in [7, 11) is 1.33. The molecule has 0 aliphatic heterocycles. The highest BCUT2D eigenvalue weighted by molar-refractivity contribution is 6.99. The first kappa shape index (κ1) is 19.0. The van der Waals surface area contributed by atoms with Crippen molar-refractivity contribution in [3.8, 4) is 0 Å². The van der Waals surface area contributed by atoms with Crippen molar-refractivity contribution in [2.75, 3.05) is 28.4 Å². The van der Waals surface area contributed by atoms with Gasteiger partial charge in [0.1, 0.15) is 0 Å². The van der Waals surface area contributed by atoms with Crippen LogP contribution >= 0.6 is 0 Å². The SMILES string of the molecule is CO[Si](OC)(c1ccccc1)C(C)[Si](OC)(OC)c1ccccc1. The zero-order valence-corrected chi connectivity index (χ0v) is 17.0. The van der Waals surface area contributed by atoms with Gasteiger partial charge in [0.15, 0.2) is 0 Å². The molecule has 0 bridgehead atoms. The van der Waals surface area contributed by atoms with Crippen molar-refractivity contribution in [1.82, 2.24) is 0 Å². The molecule has 24 heavy (non-hydrogen) atoms. The number of hydrogen-bond donors (Lipinski definition) is 0. The zero-order chi connectivity index (χ0) is 17.6. The summed E-state index contributed by atoms with van der Waals surface area (Å²) in [5.41, 5.74) is 0. The monoisotopic (exact) mass is 362 g/mol. The maximum Gasteiger partial charge on any atom is 0.377 e. The van der Waals surface area contributed by atoms with Gasteiger partial charge in [0.2, 0.25) is 0 Å². The standard InChI is InChI=1S/C18H26O4Si2/c1-16(23(19-2,20-3)17-12-8-6-9-13-17)24(21-4,22-5)18-14-10-7-11-15-18/h6-16H,1-5H3. The van der Waals surface area contributed by atoms with Crippen LogP contribution in [0.1, 0.15) is 6.92 Å². The number of hydrogen-bond acceptors (Lipinski definition) is 4. The van der Waals surface area contributed by atoms with Gasteiger partial charge in [0.05, 0.1) is 5.16 Å². The van der Waals surface area contributed by atoms with Crippen LogP contribution in [0.3, 0.4) is 0 Å². The third kappa shape index (κ3) is 3.13. The molecule has 2 rings (SSSR count). The first-order valence-electron chi connectivity index (χ1n) is 7.93. The van der Waals surface area contributed by atoms with Crippen molar-refractivity contribution in [2.24, 2.45) is 0 Å². The molecule has 130 valence electrons. The summed E-state index contributed by atoms with van der Waals surface area (Å²) in [6.45, 7) is 2.12. The maximum atomic E-state index is 6.06. The fraction of sp³-hybridized carbons (Fsp3) is 0.333. The molecule has 0 aliphatic carbocycles. The first-order valence-corrected chi connectivity index (χ1v) is 11.7. The lowest BCUT2D eigenvalue weighted by molar-refractivity contribution is 0.221. The summed E-state index contributed by atoms with van der Waals surface area (Å²) in [6, 6.07) is 20.3. The Morgan fingerprint density at radius 2 is 0.875 bits per heavy atom. The Morgan fingerprint density at radius 1 is 0.583 bits per heavy atom. The van der Waals surface area contributed by atoms with E-state index in [9.17, 15) is 0 Å². The van der Waals surface area contributed by atoms with Crippen molar-refractivity contribution >= 4 is 27.5 Å². The fourth-order valence-corrected chi connectivity index (χ4v) is 12.9. The molecule has 0 aromatic heterocycles. The minimum atomic E-state index is -2.77. The Balaban J connectivity index is 2.60. The molecule has 0 N–H and O–H groups in total. The van der Waals surface area contributed by atoms with Crippen molar-refractivity contribution in [1.29, 1.82) is 0 Å². The lowest BCUT2D eigenvalue weighted by Gasteiger charge is -2.41. The molecule has 0 unspecified atom stereocenters. The van der Waals surface area contributed by atoms with Gasteiger partial charge in [0, 0.05) is 28.4 Å². The van der Waals surface area contributed by atoms with Crippen LogP contribution in [0.5, 0.6) is 0 Å². The lowest BCUT2D eigenvalue weighted by atomic mass is 10.4.